The fourth-order valence-corrected chi connectivity index (χ4v) is 2.15. The first-order chi connectivity index (χ1) is 9.56. The van der Waals surface area contributed by atoms with Crippen molar-refractivity contribution in [1.29, 1.82) is 0 Å². The van der Waals surface area contributed by atoms with E-state index in [4.69, 9.17) is 9.84 Å². The first kappa shape index (κ1) is 14.5. The maximum Gasteiger partial charge on any atom is 0.305 e. The Kier molecular flexibility index (Phi) is 4.75. The van der Waals surface area contributed by atoms with Crippen molar-refractivity contribution in [2.24, 2.45) is 0 Å². The topological polar surface area (TPSA) is 92.0 Å². The van der Waals surface area contributed by atoms with Crippen LogP contribution < -0.4 is 5.43 Å². The van der Waals surface area contributed by atoms with E-state index in [1.807, 2.05) is 0 Å². The lowest BCUT2D eigenvalue weighted by molar-refractivity contribution is -0.137. The number of rotatable bonds is 5. The highest BCUT2D eigenvalue weighted by atomic mass is 16.5. The van der Waals surface area contributed by atoms with Crippen molar-refractivity contribution in [2.75, 3.05) is 26.3 Å². The number of pyridine rings is 1. The quantitative estimate of drug-likeness (QED) is 0.781. The van der Waals surface area contributed by atoms with Gasteiger partial charge in [-0.15, -0.1) is 0 Å². The van der Waals surface area contributed by atoms with Gasteiger partial charge in [0.15, 0.2) is 5.75 Å². The van der Waals surface area contributed by atoms with E-state index in [9.17, 15) is 14.7 Å². The number of carbonyl (C=O) groups is 1. The van der Waals surface area contributed by atoms with Crippen LogP contribution in [0.25, 0.3) is 0 Å². The lowest BCUT2D eigenvalue weighted by Crippen LogP contribution is -2.36. The van der Waals surface area contributed by atoms with Crippen molar-refractivity contribution in [1.82, 2.24) is 9.47 Å². The lowest BCUT2D eigenvalue weighted by atomic mass is 10.2. The maximum absolute atomic E-state index is 11.5. The Labute approximate surface area is 116 Å². The monoisotopic (exact) mass is 282 g/mol. The normalized spacial score (nSPS) is 16.2. The number of aromatic nitrogens is 1. The van der Waals surface area contributed by atoms with Crippen LogP contribution in [0.5, 0.6) is 5.75 Å². The Morgan fingerprint density at radius 2 is 2.05 bits per heavy atom. The zero-order valence-electron chi connectivity index (χ0n) is 11.1. The molecule has 2 rings (SSSR count). The number of hydrogen-bond acceptors (Lipinski definition) is 5. The molecular formula is C13H18N2O5. The number of aryl methyl sites for hydroxylation is 1. The molecule has 1 fully saturated rings. The predicted octanol–water partition coefficient (Wildman–Crippen LogP) is -0.139. The van der Waals surface area contributed by atoms with Crippen molar-refractivity contribution in [3.05, 3.63) is 28.2 Å². The minimum absolute atomic E-state index is 0.0571. The molecule has 0 radical (unpaired) electrons. The van der Waals surface area contributed by atoms with Crippen LogP contribution in [0.15, 0.2) is 17.1 Å². The Bertz CT molecular complexity index is 534. The van der Waals surface area contributed by atoms with Gasteiger partial charge >= 0.3 is 5.97 Å². The first-order valence-electron chi connectivity index (χ1n) is 6.50. The maximum atomic E-state index is 11.5. The Balaban J connectivity index is 2.17. The Morgan fingerprint density at radius 3 is 2.70 bits per heavy atom. The van der Waals surface area contributed by atoms with Crippen molar-refractivity contribution in [2.45, 2.75) is 19.5 Å². The molecule has 110 valence electrons. The molecule has 1 aromatic heterocycles. The van der Waals surface area contributed by atoms with Gasteiger partial charge in [-0.05, 0) is 0 Å². The van der Waals surface area contributed by atoms with Gasteiger partial charge in [-0.3, -0.25) is 14.5 Å². The van der Waals surface area contributed by atoms with E-state index in [-0.39, 0.29) is 18.7 Å². The van der Waals surface area contributed by atoms with E-state index in [0.29, 0.717) is 25.5 Å². The predicted molar refractivity (Wildman–Crippen MR) is 70.7 cm³/mol. The van der Waals surface area contributed by atoms with Gasteiger partial charge in [0.2, 0.25) is 5.43 Å². The zero-order chi connectivity index (χ0) is 14.5. The van der Waals surface area contributed by atoms with E-state index in [1.54, 1.807) is 4.57 Å². The van der Waals surface area contributed by atoms with E-state index >= 15 is 0 Å². The number of aliphatic carboxylic acids is 1. The molecule has 7 heteroatoms. The second-order valence-electron chi connectivity index (χ2n) is 4.74. The molecule has 0 saturated carbocycles. The van der Waals surface area contributed by atoms with Gasteiger partial charge in [-0.2, -0.15) is 0 Å². The average molecular weight is 282 g/mol. The van der Waals surface area contributed by atoms with Gasteiger partial charge in [-0.25, -0.2) is 0 Å². The summed E-state index contributed by atoms with van der Waals surface area (Å²) in [7, 11) is 0. The molecule has 1 saturated heterocycles. The summed E-state index contributed by atoms with van der Waals surface area (Å²) in [5, 5.41) is 18.2. The van der Waals surface area contributed by atoms with E-state index in [0.717, 1.165) is 13.1 Å². The fraction of sp³-hybridized carbons (Fsp3) is 0.538. The summed E-state index contributed by atoms with van der Waals surface area (Å²) in [5.41, 5.74) is 0.260. The standard InChI is InChI=1S/C13H18N2O5/c16-11-7-10(8-14-3-5-20-6-4-14)15(9-12(11)17)2-1-13(18)19/h7,9,17H,1-6,8H2,(H,18,19). The number of morpholine rings is 1. The molecule has 1 aliphatic rings. The number of ether oxygens (including phenoxy) is 1. The van der Waals surface area contributed by atoms with E-state index < -0.39 is 11.4 Å². The minimum Gasteiger partial charge on any atom is -0.503 e. The third-order valence-electron chi connectivity index (χ3n) is 3.25. The molecule has 0 amide bonds. The molecule has 2 N–H and O–H groups in total. The van der Waals surface area contributed by atoms with Gasteiger partial charge in [0, 0.05) is 37.9 Å². The van der Waals surface area contributed by atoms with Crippen LogP contribution in [0.3, 0.4) is 0 Å². The summed E-state index contributed by atoms with van der Waals surface area (Å²) in [6, 6.07) is 1.37. The molecular weight excluding hydrogens is 264 g/mol. The molecule has 20 heavy (non-hydrogen) atoms. The molecule has 0 bridgehead atoms. The van der Waals surface area contributed by atoms with Crippen LogP contribution >= 0.6 is 0 Å². The van der Waals surface area contributed by atoms with Crippen LogP contribution in [0.1, 0.15) is 12.1 Å². The second kappa shape index (κ2) is 6.53. The Morgan fingerprint density at radius 1 is 1.35 bits per heavy atom. The molecule has 0 aromatic carbocycles. The summed E-state index contributed by atoms with van der Waals surface area (Å²) >= 11 is 0. The molecule has 7 nitrogen and oxygen atoms in total. The molecule has 1 aromatic rings. The summed E-state index contributed by atoms with van der Waals surface area (Å²) in [5.74, 6) is -1.28. The van der Waals surface area contributed by atoms with Gasteiger partial charge < -0.3 is 19.5 Å². The smallest absolute Gasteiger partial charge is 0.305 e. The van der Waals surface area contributed by atoms with Gasteiger partial charge in [0.1, 0.15) is 0 Å². The van der Waals surface area contributed by atoms with E-state index in [2.05, 4.69) is 4.90 Å². The van der Waals surface area contributed by atoms with Gasteiger partial charge in [-0.1, -0.05) is 0 Å². The molecule has 0 unspecified atom stereocenters. The largest absolute Gasteiger partial charge is 0.503 e. The molecule has 0 atom stereocenters. The lowest BCUT2D eigenvalue weighted by Gasteiger charge is -2.27. The zero-order valence-corrected chi connectivity index (χ0v) is 11.1. The summed E-state index contributed by atoms with van der Waals surface area (Å²) in [4.78, 5) is 24.3. The fourth-order valence-electron chi connectivity index (χ4n) is 2.15. The minimum atomic E-state index is -0.916. The van der Waals surface area contributed by atoms with Gasteiger partial charge in [0.25, 0.3) is 0 Å². The van der Waals surface area contributed by atoms with Crippen molar-refractivity contribution >= 4 is 5.97 Å². The highest BCUT2D eigenvalue weighted by Gasteiger charge is 2.14. The molecule has 2 heterocycles. The number of hydrogen-bond donors (Lipinski definition) is 2. The first-order valence-corrected chi connectivity index (χ1v) is 6.50. The summed E-state index contributed by atoms with van der Waals surface area (Å²) in [6.45, 7) is 3.61. The second-order valence-corrected chi connectivity index (χ2v) is 4.74. The van der Waals surface area contributed by atoms with Crippen molar-refractivity contribution in [3.8, 4) is 5.75 Å². The highest BCUT2D eigenvalue weighted by molar-refractivity contribution is 5.66. The van der Waals surface area contributed by atoms with Gasteiger partial charge in [0.05, 0.1) is 25.8 Å². The van der Waals surface area contributed by atoms with Crippen LogP contribution in [0.4, 0.5) is 0 Å². The van der Waals surface area contributed by atoms with Crippen LogP contribution in [-0.2, 0) is 22.6 Å². The van der Waals surface area contributed by atoms with Crippen molar-refractivity contribution < 1.29 is 19.7 Å². The third-order valence-corrected chi connectivity index (χ3v) is 3.25. The van der Waals surface area contributed by atoms with Crippen LogP contribution in [-0.4, -0.2) is 52.0 Å². The number of carboxylic acids is 1. The summed E-state index contributed by atoms with van der Waals surface area (Å²) < 4.78 is 6.89. The van der Waals surface area contributed by atoms with Crippen LogP contribution in [0, 0.1) is 0 Å². The van der Waals surface area contributed by atoms with Crippen molar-refractivity contribution in [3.63, 3.8) is 0 Å². The average Bonchev–Trinajstić information content (AvgIpc) is 2.42. The molecule has 0 spiro atoms. The number of carboxylic acid groups (broad SMARTS) is 1. The SMILES string of the molecule is O=C(O)CCn1cc(O)c(=O)cc1CN1CCOCC1. The molecule has 1 aliphatic heterocycles. The third kappa shape index (κ3) is 3.82. The molecule has 0 aliphatic carbocycles. The van der Waals surface area contributed by atoms with E-state index in [1.165, 1.54) is 12.3 Å². The number of nitrogens with zero attached hydrogens (tertiary/aromatic N) is 2. The van der Waals surface area contributed by atoms with Crippen LogP contribution in [0.2, 0.25) is 0 Å². The summed E-state index contributed by atoms with van der Waals surface area (Å²) in [6.07, 6.45) is 1.25. The highest BCUT2D eigenvalue weighted by Crippen LogP contribution is 2.10. The number of aromatic hydroxyl groups is 1. The Hall–Kier alpha value is -1.86.